The van der Waals surface area contributed by atoms with Gasteiger partial charge in [0.2, 0.25) is 0 Å². The zero-order valence-electron chi connectivity index (χ0n) is 15.2. The summed E-state index contributed by atoms with van der Waals surface area (Å²) in [6.45, 7) is 8.21. The van der Waals surface area contributed by atoms with Gasteiger partial charge < -0.3 is 10.2 Å². The monoisotopic (exact) mass is 392 g/mol. The topological polar surface area (TPSA) is 48.5 Å². The molecule has 1 aliphatic heterocycles. The Morgan fingerprint density at radius 3 is 2.54 bits per heavy atom. The Morgan fingerprint density at radius 2 is 1.96 bits per heavy atom. The maximum atomic E-state index is 12.6. The van der Waals surface area contributed by atoms with Crippen LogP contribution in [0.4, 0.5) is 4.79 Å². The molecular formula is C19H25ClN4OS. The summed E-state index contributed by atoms with van der Waals surface area (Å²) < 4.78 is 0. The number of nitrogens with one attached hydrogen (secondary N) is 1. The van der Waals surface area contributed by atoms with E-state index in [4.69, 9.17) is 11.6 Å². The molecule has 1 unspecified atom stereocenters. The van der Waals surface area contributed by atoms with Gasteiger partial charge in [0.05, 0.1) is 16.7 Å². The fraction of sp³-hybridized carbons (Fsp3) is 0.474. The number of nitrogens with zero attached hydrogens (tertiary/aromatic N) is 3. The molecule has 0 aliphatic carbocycles. The maximum Gasteiger partial charge on any atom is 0.317 e. The van der Waals surface area contributed by atoms with Crippen LogP contribution in [-0.4, -0.2) is 47.0 Å². The summed E-state index contributed by atoms with van der Waals surface area (Å²) in [6.07, 6.45) is 0.844. The third-order valence-electron chi connectivity index (χ3n) is 4.69. The smallest absolute Gasteiger partial charge is 0.317 e. The summed E-state index contributed by atoms with van der Waals surface area (Å²) in [7, 11) is 0. The van der Waals surface area contributed by atoms with Crippen LogP contribution in [0.2, 0.25) is 5.02 Å². The molecule has 0 radical (unpaired) electrons. The molecule has 0 saturated carbocycles. The number of rotatable bonds is 5. The van der Waals surface area contributed by atoms with E-state index in [2.05, 4.69) is 27.5 Å². The third kappa shape index (κ3) is 4.96. The summed E-state index contributed by atoms with van der Waals surface area (Å²) in [4.78, 5) is 21.4. The molecule has 1 aromatic carbocycles. The van der Waals surface area contributed by atoms with E-state index < -0.39 is 0 Å². The van der Waals surface area contributed by atoms with Gasteiger partial charge in [0.15, 0.2) is 0 Å². The summed E-state index contributed by atoms with van der Waals surface area (Å²) >= 11 is 7.64. The van der Waals surface area contributed by atoms with Crippen LogP contribution in [0.1, 0.15) is 35.7 Å². The van der Waals surface area contributed by atoms with Crippen molar-refractivity contribution >= 4 is 29.0 Å². The van der Waals surface area contributed by atoms with Crippen molar-refractivity contribution in [1.29, 1.82) is 0 Å². The average molecular weight is 393 g/mol. The number of thiazole rings is 1. The first-order chi connectivity index (χ1) is 12.5. The standard InChI is InChI=1S/C19H25ClN4OS/c1-3-18(15-4-6-16(20)7-5-15)22-19(25)24-10-8-23(9-11-24)12-17-13-26-14(2)21-17/h4-7,13,18H,3,8-12H2,1-2H3,(H,22,25). The predicted octanol–water partition coefficient (Wildman–Crippen LogP) is 4.08. The van der Waals surface area contributed by atoms with E-state index in [0.29, 0.717) is 5.02 Å². The lowest BCUT2D eigenvalue weighted by atomic mass is 10.1. The minimum atomic E-state index is 0.00998. The highest BCUT2D eigenvalue weighted by Crippen LogP contribution is 2.20. The number of carbonyl (C=O) groups excluding carboxylic acids is 1. The van der Waals surface area contributed by atoms with Gasteiger partial charge in [0.25, 0.3) is 0 Å². The molecule has 1 aliphatic rings. The number of halogens is 1. The van der Waals surface area contributed by atoms with Crippen molar-refractivity contribution in [3.05, 3.63) is 50.9 Å². The molecule has 1 saturated heterocycles. The Hall–Kier alpha value is -1.63. The van der Waals surface area contributed by atoms with E-state index >= 15 is 0 Å². The Labute approximate surface area is 164 Å². The van der Waals surface area contributed by atoms with E-state index in [1.165, 1.54) is 0 Å². The fourth-order valence-corrected chi connectivity index (χ4v) is 3.91. The summed E-state index contributed by atoms with van der Waals surface area (Å²) in [6, 6.07) is 7.71. The van der Waals surface area contributed by atoms with Crippen LogP contribution in [0.5, 0.6) is 0 Å². The van der Waals surface area contributed by atoms with Crippen molar-refractivity contribution < 1.29 is 4.79 Å². The second-order valence-electron chi connectivity index (χ2n) is 6.58. The van der Waals surface area contributed by atoms with E-state index in [0.717, 1.165) is 55.4 Å². The molecule has 0 spiro atoms. The molecule has 1 N–H and O–H groups in total. The number of urea groups is 1. The average Bonchev–Trinajstić information content (AvgIpc) is 3.05. The quantitative estimate of drug-likeness (QED) is 0.833. The highest BCUT2D eigenvalue weighted by molar-refractivity contribution is 7.09. The zero-order valence-corrected chi connectivity index (χ0v) is 16.8. The molecule has 1 fully saturated rings. The molecule has 2 aromatic rings. The second-order valence-corrected chi connectivity index (χ2v) is 8.08. The summed E-state index contributed by atoms with van der Waals surface area (Å²) in [5.41, 5.74) is 2.21. The summed E-state index contributed by atoms with van der Waals surface area (Å²) in [5.74, 6) is 0. The van der Waals surface area contributed by atoms with Crippen molar-refractivity contribution in [3.63, 3.8) is 0 Å². The minimum absolute atomic E-state index is 0.00998. The van der Waals surface area contributed by atoms with E-state index in [-0.39, 0.29) is 12.1 Å². The lowest BCUT2D eigenvalue weighted by Crippen LogP contribution is -2.51. The van der Waals surface area contributed by atoms with E-state index in [9.17, 15) is 4.79 Å². The first-order valence-corrected chi connectivity index (χ1v) is 10.2. The van der Waals surface area contributed by atoms with Crippen molar-refractivity contribution in [2.24, 2.45) is 0 Å². The third-order valence-corrected chi connectivity index (χ3v) is 5.76. The predicted molar refractivity (Wildman–Crippen MR) is 107 cm³/mol. The Balaban J connectivity index is 1.50. The molecule has 3 rings (SSSR count). The summed E-state index contributed by atoms with van der Waals surface area (Å²) in [5, 5.41) is 7.08. The van der Waals surface area contributed by atoms with Crippen LogP contribution in [0.15, 0.2) is 29.6 Å². The van der Waals surface area contributed by atoms with Crippen molar-refractivity contribution in [2.45, 2.75) is 32.9 Å². The van der Waals surface area contributed by atoms with Gasteiger partial charge in [-0.05, 0) is 31.0 Å². The van der Waals surface area contributed by atoms with Gasteiger partial charge in [-0.1, -0.05) is 30.7 Å². The molecule has 26 heavy (non-hydrogen) atoms. The van der Waals surface area contributed by atoms with Gasteiger partial charge in [-0.15, -0.1) is 11.3 Å². The Morgan fingerprint density at radius 1 is 1.27 bits per heavy atom. The molecule has 1 atom stereocenters. The van der Waals surface area contributed by atoms with Gasteiger partial charge in [0, 0.05) is 43.1 Å². The first-order valence-electron chi connectivity index (χ1n) is 8.99. The first kappa shape index (κ1) is 19.1. The van der Waals surface area contributed by atoms with Crippen LogP contribution >= 0.6 is 22.9 Å². The molecule has 140 valence electrons. The fourth-order valence-electron chi connectivity index (χ4n) is 3.18. The lowest BCUT2D eigenvalue weighted by molar-refractivity contribution is 0.132. The SMILES string of the molecule is CCC(NC(=O)N1CCN(Cc2csc(C)n2)CC1)c1ccc(Cl)cc1. The molecule has 5 nitrogen and oxygen atoms in total. The van der Waals surface area contributed by atoms with Crippen molar-refractivity contribution in [1.82, 2.24) is 20.1 Å². The molecular weight excluding hydrogens is 368 g/mol. The van der Waals surface area contributed by atoms with Crippen LogP contribution in [0.25, 0.3) is 0 Å². The van der Waals surface area contributed by atoms with Gasteiger partial charge >= 0.3 is 6.03 Å². The second kappa shape index (κ2) is 8.84. The van der Waals surface area contributed by atoms with Crippen LogP contribution in [0.3, 0.4) is 0 Å². The van der Waals surface area contributed by atoms with Gasteiger partial charge in [-0.25, -0.2) is 9.78 Å². The number of aromatic nitrogens is 1. The number of carbonyl (C=O) groups is 1. The normalized spacial score (nSPS) is 16.5. The minimum Gasteiger partial charge on any atom is -0.331 e. The van der Waals surface area contributed by atoms with Crippen molar-refractivity contribution in [3.8, 4) is 0 Å². The molecule has 2 heterocycles. The molecule has 7 heteroatoms. The highest BCUT2D eigenvalue weighted by Gasteiger charge is 2.23. The van der Waals surface area contributed by atoms with Gasteiger partial charge in [-0.3, -0.25) is 4.90 Å². The molecule has 0 bridgehead atoms. The van der Waals surface area contributed by atoms with E-state index in [1.807, 2.05) is 36.1 Å². The number of benzene rings is 1. The lowest BCUT2D eigenvalue weighted by Gasteiger charge is -2.35. The zero-order chi connectivity index (χ0) is 18.5. The largest absolute Gasteiger partial charge is 0.331 e. The number of amides is 2. The van der Waals surface area contributed by atoms with Gasteiger partial charge in [-0.2, -0.15) is 0 Å². The van der Waals surface area contributed by atoms with Gasteiger partial charge in [0.1, 0.15) is 0 Å². The number of hydrogen-bond acceptors (Lipinski definition) is 4. The number of aryl methyl sites for hydroxylation is 1. The molecule has 2 amide bonds. The Kier molecular flexibility index (Phi) is 6.51. The number of hydrogen-bond donors (Lipinski definition) is 1. The number of piperazine rings is 1. The highest BCUT2D eigenvalue weighted by atomic mass is 35.5. The van der Waals surface area contributed by atoms with E-state index in [1.54, 1.807) is 11.3 Å². The molecule has 1 aromatic heterocycles. The van der Waals surface area contributed by atoms with Crippen molar-refractivity contribution in [2.75, 3.05) is 26.2 Å². The Bertz CT molecular complexity index is 725. The van der Waals surface area contributed by atoms with Crippen LogP contribution in [0, 0.1) is 6.92 Å². The van der Waals surface area contributed by atoms with Crippen LogP contribution in [-0.2, 0) is 6.54 Å². The van der Waals surface area contributed by atoms with Crippen LogP contribution < -0.4 is 5.32 Å². The maximum absolute atomic E-state index is 12.6.